The van der Waals surface area contributed by atoms with Gasteiger partial charge in [0.1, 0.15) is 0 Å². The van der Waals surface area contributed by atoms with Crippen LogP contribution in [0.2, 0.25) is 6.04 Å². The number of rotatable bonds is 8. The van der Waals surface area contributed by atoms with Gasteiger partial charge in [-0.2, -0.15) is 0 Å². The van der Waals surface area contributed by atoms with E-state index in [0.29, 0.717) is 6.54 Å². The van der Waals surface area contributed by atoms with Crippen LogP contribution in [0.25, 0.3) is 0 Å². The Labute approximate surface area is 88.9 Å². The molecule has 0 saturated heterocycles. The Morgan fingerprint density at radius 3 is 2.57 bits per heavy atom. The van der Waals surface area contributed by atoms with E-state index in [0.717, 1.165) is 25.3 Å². The zero-order valence-electron chi connectivity index (χ0n) is 9.51. The highest BCUT2D eigenvalue weighted by atomic mass is 28.2. The molecule has 0 aliphatic rings. The van der Waals surface area contributed by atoms with Gasteiger partial charge in [-0.3, -0.25) is 0 Å². The second-order valence-corrected chi connectivity index (χ2v) is 5.09. The normalized spacial score (nSPS) is 11.9. The third-order valence-corrected chi connectivity index (χ3v) is 4.36. The molecule has 0 N–H and O–H groups in total. The van der Waals surface area contributed by atoms with E-state index in [-0.39, 0.29) is 5.60 Å². The van der Waals surface area contributed by atoms with Crippen LogP contribution in [0.1, 0.15) is 40.0 Å². The van der Waals surface area contributed by atoms with E-state index in [2.05, 4.69) is 25.8 Å². The molecule has 0 fully saturated rings. The summed E-state index contributed by atoms with van der Waals surface area (Å²) in [6, 6.07) is 1.10. The van der Waals surface area contributed by atoms with Gasteiger partial charge in [0.15, 0.2) is 9.76 Å². The van der Waals surface area contributed by atoms with Crippen molar-refractivity contribution in [1.29, 1.82) is 0 Å². The molecule has 0 aliphatic heterocycles. The number of isocyanates is 1. The lowest BCUT2D eigenvalue weighted by Crippen LogP contribution is -2.28. The van der Waals surface area contributed by atoms with Gasteiger partial charge in [-0.25, -0.2) is 9.79 Å². The first-order valence-corrected chi connectivity index (χ1v) is 6.94. The minimum absolute atomic E-state index is 0.0835. The molecule has 0 aromatic rings. The van der Waals surface area contributed by atoms with Crippen LogP contribution in [0.15, 0.2) is 4.99 Å². The van der Waals surface area contributed by atoms with Gasteiger partial charge in [0, 0.05) is 0 Å². The van der Waals surface area contributed by atoms with E-state index in [4.69, 9.17) is 4.43 Å². The highest BCUT2D eigenvalue weighted by molar-refractivity contribution is 6.27. The van der Waals surface area contributed by atoms with Gasteiger partial charge >= 0.3 is 0 Å². The Hall–Kier alpha value is -0.443. The molecule has 0 aliphatic carbocycles. The van der Waals surface area contributed by atoms with Crippen molar-refractivity contribution in [1.82, 2.24) is 0 Å². The fourth-order valence-electron chi connectivity index (χ4n) is 1.11. The predicted octanol–water partition coefficient (Wildman–Crippen LogP) is 1.81. The molecule has 3 nitrogen and oxygen atoms in total. The highest BCUT2D eigenvalue weighted by Crippen LogP contribution is 2.18. The molecule has 0 saturated carbocycles. The van der Waals surface area contributed by atoms with Gasteiger partial charge < -0.3 is 4.43 Å². The van der Waals surface area contributed by atoms with Crippen LogP contribution in [0, 0.1) is 0 Å². The third-order valence-electron chi connectivity index (χ3n) is 2.68. The summed E-state index contributed by atoms with van der Waals surface area (Å²) in [5, 5.41) is 0. The number of carbonyl (C=O) groups excluding carboxylic acids is 1. The lowest BCUT2D eigenvalue weighted by molar-refractivity contribution is 0.0851. The topological polar surface area (TPSA) is 38.7 Å². The van der Waals surface area contributed by atoms with Crippen LogP contribution < -0.4 is 0 Å². The van der Waals surface area contributed by atoms with Crippen molar-refractivity contribution >= 4 is 15.8 Å². The van der Waals surface area contributed by atoms with Crippen molar-refractivity contribution in [2.45, 2.75) is 51.7 Å². The second kappa shape index (κ2) is 7.91. The van der Waals surface area contributed by atoms with Crippen molar-refractivity contribution in [3.63, 3.8) is 0 Å². The van der Waals surface area contributed by atoms with E-state index in [1.165, 1.54) is 0 Å². The van der Waals surface area contributed by atoms with E-state index in [1.54, 1.807) is 6.08 Å². The van der Waals surface area contributed by atoms with Gasteiger partial charge in [-0.1, -0.05) is 13.8 Å². The second-order valence-electron chi connectivity index (χ2n) is 3.69. The molecule has 14 heavy (non-hydrogen) atoms. The SMILES string of the molecule is CCC(C)(CC)O[SiH2]CCCN=C=O. The van der Waals surface area contributed by atoms with Crippen LogP contribution in [-0.4, -0.2) is 28.0 Å². The van der Waals surface area contributed by atoms with Crippen molar-refractivity contribution in [3.05, 3.63) is 0 Å². The summed E-state index contributed by atoms with van der Waals surface area (Å²) in [5.74, 6) is 0. The zero-order valence-corrected chi connectivity index (χ0v) is 10.9. The standard InChI is InChI=1S/C10H21NO2Si/c1-4-10(3,5-2)13-14-8-6-7-11-9-12/h4-8,14H2,1-3H3. The molecule has 0 amide bonds. The quantitative estimate of drug-likeness (QED) is 0.268. The largest absolute Gasteiger partial charge is 0.419 e. The molecule has 0 bridgehead atoms. The fourth-order valence-corrected chi connectivity index (χ4v) is 2.58. The molecule has 0 unspecified atom stereocenters. The maximum Gasteiger partial charge on any atom is 0.234 e. The first kappa shape index (κ1) is 13.6. The van der Waals surface area contributed by atoms with Crippen molar-refractivity contribution in [2.24, 2.45) is 4.99 Å². The van der Waals surface area contributed by atoms with Gasteiger partial charge in [0.2, 0.25) is 6.08 Å². The summed E-state index contributed by atoms with van der Waals surface area (Å²) in [6.07, 6.45) is 4.65. The maximum absolute atomic E-state index is 9.78. The minimum Gasteiger partial charge on any atom is -0.419 e. The Balaban J connectivity index is 3.47. The number of hydrogen-bond donors (Lipinski definition) is 0. The van der Waals surface area contributed by atoms with Crippen molar-refractivity contribution < 1.29 is 9.22 Å². The molecule has 0 rings (SSSR count). The summed E-state index contributed by atoms with van der Waals surface area (Å²) in [6.45, 7) is 7.10. The maximum atomic E-state index is 9.78. The zero-order chi connectivity index (χ0) is 10.9. The number of nitrogens with zero attached hydrogens (tertiary/aromatic N) is 1. The smallest absolute Gasteiger partial charge is 0.234 e. The van der Waals surface area contributed by atoms with Crippen LogP contribution >= 0.6 is 0 Å². The van der Waals surface area contributed by atoms with Crippen LogP contribution in [0.3, 0.4) is 0 Å². The summed E-state index contributed by atoms with van der Waals surface area (Å²) in [7, 11) is -0.433. The highest BCUT2D eigenvalue weighted by Gasteiger charge is 2.18. The van der Waals surface area contributed by atoms with Crippen molar-refractivity contribution in [2.75, 3.05) is 6.54 Å². The molecule has 0 spiro atoms. The van der Waals surface area contributed by atoms with Crippen LogP contribution in [0.4, 0.5) is 0 Å². The van der Waals surface area contributed by atoms with Crippen molar-refractivity contribution in [3.8, 4) is 0 Å². The van der Waals surface area contributed by atoms with Crippen LogP contribution in [-0.2, 0) is 9.22 Å². The first-order chi connectivity index (χ1) is 6.68. The van der Waals surface area contributed by atoms with Gasteiger partial charge in [-0.15, -0.1) is 0 Å². The summed E-state index contributed by atoms with van der Waals surface area (Å²) >= 11 is 0. The predicted molar refractivity (Wildman–Crippen MR) is 61.0 cm³/mol. The lowest BCUT2D eigenvalue weighted by atomic mass is 10.0. The molecule has 0 aromatic heterocycles. The fraction of sp³-hybridized carbons (Fsp3) is 0.900. The molecule has 0 aromatic carbocycles. The summed E-state index contributed by atoms with van der Waals surface area (Å²) in [5.41, 5.74) is 0.0835. The molecule has 82 valence electrons. The van der Waals surface area contributed by atoms with Crippen LogP contribution in [0.5, 0.6) is 0 Å². The summed E-state index contributed by atoms with van der Waals surface area (Å²) < 4.78 is 5.91. The monoisotopic (exact) mass is 215 g/mol. The molecule has 0 atom stereocenters. The Morgan fingerprint density at radius 2 is 2.07 bits per heavy atom. The number of hydrogen-bond acceptors (Lipinski definition) is 3. The average molecular weight is 215 g/mol. The van der Waals surface area contributed by atoms with Gasteiger partial charge in [0.05, 0.1) is 12.1 Å². The molecule has 0 heterocycles. The van der Waals surface area contributed by atoms with Gasteiger partial charge in [-0.05, 0) is 32.2 Å². The lowest BCUT2D eigenvalue weighted by Gasteiger charge is -2.27. The third kappa shape index (κ3) is 6.08. The van der Waals surface area contributed by atoms with E-state index in [9.17, 15) is 4.79 Å². The van der Waals surface area contributed by atoms with Gasteiger partial charge in [0.25, 0.3) is 0 Å². The van der Waals surface area contributed by atoms with E-state index >= 15 is 0 Å². The average Bonchev–Trinajstić information content (AvgIpc) is 2.23. The minimum atomic E-state index is -0.433. The Kier molecular flexibility index (Phi) is 7.66. The summed E-state index contributed by atoms with van der Waals surface area (Å²) in [4.78, 5) is 13.3. The Morgan fingerprint density at radius 1 is 1.43 bits per heavy atom. The van der Waals surface area contributed by atoms with E-state index < -0.39 is 9.76 Å². The Bertz CT molecular complexity index is 187. The number of aliphatic imine (C=N–C) groups is 1. The molecule has 4 heteroatoms. The first-order valence-electron chi connectivity index (χ1n) is 5.36. The van der Waals surface area contributed by atoms with E-state index in [1.807, 2.05) is 0 Å². The molecule has 0 radical (unpaired) electrons. The molecular weight excluding hydrogens is 194 g/mol. The molecular formula is C10H21NO2Si.